The number of esters is 1. The normalized spacial score (nSPS) is 19.9. The number of carbonyl (C=O) groups is 1. The van der Waals surface area contributed by atoms with Crippen molar-refractivity contribution in [2.45, 2.75) is 45.8 Å². The van der Waals surface area contributed by atoms with E-state index in [4.69, 9.17) is 19.8 Å². The first-order valence-corrected chi connectivity index (χ1v) is 8.46. The summed E-state index contributed by atoms with van der Waals surface area (Å²) in [5.41, 5.74) is 7.65. The third-order valence-corrected chi connectivity index (χ3v) is 4.95. The molecule has 0 unspecified atom stereocenters. The second kappa shape index (κ2) is 6.72. The Labute approximate surface area is 141 Å². The number of rotatable bonds is 5. The van der Waals surface area contributed by atoms with Gasteiger partial charge < -0.3 is 19.8 Å². The molecule has 23 heavy (non-hydrogen) atoms. The van der Waals surface area contributed by atoms with Gasteiger partial charge in [0, 0.05) is 6.54 Å². The van der Waals surface area contributed by atoms with Crippen molar-refractivity contribution in [3.05, 3.63) is 21.6 Å². The van der Waals surface area contributed by atoms with Crippen LogP contribution < -0.4 is 5.73 Å². The molecule has 2 N–H and O–H groups in total. The highest BCUT2D eigenvalue weighted by molar-refractivity contribution is 7.11. The van der Waals surface area contributed by atoms with E-state index in [1.807, 2.05) is 33.8 Å². The van der Waals surface area contributed by atoms with Gasteiger partial charge in [-0.1, -0.05) is 0 Å². The Morgan fingerprint density at radius 1 is 1.39 bits per heavy atom. The number of thiazole rings is 1. The molecule has 8 heteroatoms. The summed E-state index contributed by atoms with van der Waals surface area (Å²) in [5.74, 6) is -0.440. The number of aromatic nitrogens is 1. The maximum Gasteiger partial charge on any atom is 0.491 e. The van der Waals surface area contributed by atoms with Crippen molar-refractivity contribution in [3.8, 4) is 0 Å². The van der Waals surface area contributed by atoms with Crippen LogP contribution in [0, 0.1) is 0 Å². The molecule has 0 atom stereocenters. The molecule has 0 amide bonds. The summed E-state index contributed by atoms with van der Waals surface area (Å²) in [4.78, 5) is 16.7. The van der Waals surface area contributed by atoms with Gasteiger partial charge in [0.05, 0.1) is 28.2 Å². The molecule has 0 aromatic carbocycles. The van der Waals surface area contributed by atoms with E-state index in [2.05, 4.69) is 4.98 Å². The molecule has 1 aliphatic rings. The van der Waals surface area contributed by atoms with Crippen molar-refractivity contribution in [2.24, 2.45) is 5.73 Å². The van der Waals surface area contributed by atoms with Crippen LogP contribution in [0.2, 0.25) is 0 Å². The van der Waals surface area contributed by atoms with Gasteiger partial charge in [0.1, 0.15) is 0 Å². The molecule has 1 aromatic rings. The molecule has 0 bridgehead atoms. The van der Waals surface area contributed by atoms with Crippen molar-refractivity contribution in [1.82, 2.24) is 4.98 Å². The third kappa shape index (κ3) is 3.66. The number of hydrogen-bond acceptors (Lipinski definition) is 7. The Kier molecular flexibility index (Phi) is 5.30. The van der Waals surface area contributed by atoms with E-state index in [0.717, 1.165) is 5.47 Å². The van der Waals surface area contributed by atoms with Crippen molar-refractivity contribution in [2.75, 3.05) is 13.2 Å². The van der Waals surface area contributed by atoms with Crippen LogP contribution in [-0.2, 0) is 14.0 Å². The Bertz CT molecular complexity index is 596. The SMILES string of the molecule is CCOC(=O)c1ncsc1C=C(CN)B1OC(C)(C)C(C)(C)O1. The van der Waals surface area contributed by atoms with Gasteiger partial charge in [0.25, 0.3) is 0 Å². The van der Waals surface area contributed by atoms with E-state index in [0.29, 0.717) is 17.2 Å². The van der Waals surface area contributed by atoms with Gasteiger partial charge in [0.2, 0.25) is 0 Å². The van der Waals surface area contributed by atoms with Crippen LogP contribution in [0.3, 0.4) is 0 Å². The first-order chi connectivity index (χ1) is 10.7. The average Bonchev–Trinajstić information content (AvgIpc) is 2.99. The smallest absolute Gasteiger partial charge is 0.461 e. The zero-order valence-corrected chi connectivity index (χ0v) is 15.0. The Morgan fingerprint density at radius 3 is 2.52 bits per heavy atom. The molecule has 1 aromatic heterocycles. The van der Waals surface area contributed by atoms with E-state index in [-0.39, 0.29) is 6.54 Å². The van der Waals surface area contributed by atoms with E-state index >= 15 is 0 Å². The second-order valence-corrected chi connectivity index (χ2v) is 7.18. The fourth-order valence-corrected chi connectivity index (χ4v) is 2.84. The van der Waals surface area contributed by atoms with Crippen LogP contribution >= 0.6 is 11.3 Å². The molecular weight excluding hydrogens is 315 g/mol. The van der Waals surface area contributed by atoms with Gasteiger partial charge >= 0.3 is 13.1 Å². The quantitative estimate of drug-likeness (QED) is 0.655. The molecule has 126 valence electrons. The molecule has 6 nitrogen and oxygen atoms in total. The molecular formula is C15H23BN2O4S. The first-order valence-electron chi connectivity index (χ1n) is 7.58. The zero-order valence-electron chi connectivity index (χ0n) is 14.2. The van der Waals surface area contributed by atoms with Crippen LogP contribution in [0.15, 0.2) is 11.0 Å². The number of hydrogen-bond donors (Lipinski definition) is 1. The summed E-state index contributed by atoms with van der Waals surface area (Å²) in [5, 5.41) is 0. The van der Waals surface area contributed by atoms with Crippen molar-refractivity contribution >= 4 is 30.5 Å². The van der Waals surface area contributed by atoms with Crippen molar-refractivity contribution < 1.29 is 18.8 Å². The topological polar surface area (TPSA) is 83.7 Å². The summed E-state index contributed by atoms with van der Waals surface area (Å²) >= 11 is 1.35. The minimum atomic E-state index is -0.540. The molecule has 1 aliphatic heterocycles. The molecule has 0 radical (unpaired) electrons. The molecule has 1 saturated heterocycles. The van der Waals surface area contributed by atoms with Crippen LogP contribution in [0.4, 0.5) is 0 Å². The van der Waals surface area contributed by atoms with E-state index in [9.17, 15) is 4.79 Å². The van der Waals surface area contributed by atoms with E-state index in [1.165, 1.54) is 11.3 Å². The minimum absolute atomic E-state index is 0.261. The third-order valence-electron chi connectivity index (χ3n) is 4.17. The summed E-state index contributed by atoms with van der Waals surface area (Å²) in [6, 6.07) is 0. The largest absolute Gasteiger partial charge is 0.491 e. The molecule has 0 aliphatic carbocycles. The molecule has 2 rings (SSSR count). The lowest BCUT2D eigenvalue weighted by Gasteiger charge is -2.32. The molecule has 1 fully saturated rings. The number of ether oxygens (including phenoxy) is 1. The lowest BCUT2D eigenvalue weighted by atomic mass is 9.77. The summed E-state index contributed by atoms with van der Waals surface area (Å²) in [7, 11) is -0.540. The van der Waals surface area contributed by atoms with Gasteiger partial charge in [0.15, 0.2) is 5.69 Å². The van der Waals surface area contributed by atoms with Crippen LogP contribution in [-0.4, -0.2) is 42.4 Å². The van der Waals surface area contributed by atoms with Crippen molar-refractivity contribution in [3.63, 3.8) is 0 Å². The highest BCUT2D eigenvalue weighted by Gasteiger charge is 2.52. The van der Waals surface area contributed by atoms with Crippen LogP contribution in [0.5, 0.6) is 0 Å². The standard InChI is InChI=1S/C15H23BN2O4S/c1-6-20-13(19)12-11(23-9-18-12)7-10(8-17)16-21-14(2,3)15(4,5)22-16/h7,9H,6,8,17H2,1-5H3. The first kappa shape index (κ1) is 18.1. The van der Waals surface area contributed by atoms with Crippen LogP contribution in [0.25, 0.3) is 6.08 Å². The van der Waals surface area contributed by atoms with Gasteiger partial charge in [-0.05, 0) is 46.2 Å². The lowest BCUT2D eigenvalue weighted by molar-refractivity contribution is 0.00578. The highest BCUT2D eigenvalue weighted by Crippen LogP contribution is 2.38. The summed E-state index contributed by atoms with van der Waals surface area (Å²) in [6.07, 6.45) is 1.81. The van der Waals surface area contributed by atoms with E-state index < -0.39 is 24.3 Å². The minimum Gasteiger partial charge on any atom is -0.461 e. The molecule has 2 heterocycles. The number of nitrogens with two attached hydrogens (primary N) is 1. The number of nitrogens with zero attached hydrogens (tertiary/aromatic N) is 1. The molecule has 0 saturated carbocycles. The highest BCUT2D eigenvalue weighted by atomic mass is 32.1. The Morgan fingerprint density at radius 2 is 2.00 bits per heavy atom. The maximum absolute atomic E-state index is 11.9. The maximum atomic E-state index is 11.9. The van der Waals surface area contributed by atoms with E-state index in [1.54, 1.807) is 12.4 Å². The van der Waals surface area contributed by atoms with Gasteiger partial charge in [-0.2, -0.15) is 0 Å². The Balaban J connectivity index is 2.28. The second-order valence-electron chi connectivity index (χ2n) is 6.30. The lowest BCUT2D eigenvalue weighted by Crippen LogP contribution is -2.41. The zero-order chi connectivity index (χ0) is 17.3. The fraction of sp³-hybridized carbons (Fsp3) is 0.600. The fourth-order valence-electron chi connectivity index (χ4n) is 2.10. The van der Waals surface area contributed by atoms with Crippen LogP contribution in [0.1, 0.15) is 50.0 Å². The summed E-state index contributed by atoms with van der Waals surface area (Å²) < 4.78 is 17.0. The number of carbonyl (C=O) groups excluding carboxylic acids is 1. The predicted molar refractivity (Wildman–Crippen MR) is 91.2 cm³/mol. The van der Waals surface area contributed by atoms with Gasteiger partial charge in [-0.25, -0.2) is 9.78 Å². The Hall–Kier alpha value is -1.22. The summed E-state index contributed by atoms with van der Waals surface area (Å²) in [6.45, 7) is 10.3. The molecule has 0 spiro atoms. The van der Waals surface area contributed by atoms with Crippen molar-refractivity contribution in [1.29, 1.82) is 0 Å². The van der Waals surface area contributed by atoms with Gasteiger partial charge in [-0.15, -0.1) is 11.3 Å². The monoisotopic (exact) mass is 338 g/mol. The predicted octanol–water partition coefficient (Wildman–Crippen LogP) is 2.29. The average molecular weight is 338 g/mol. The van der Waals surface area contributed by atoms with Gasteiger partial charge in [-0.3, -0.25) is 0 Å².